The monoisotopic (exact) mass is 333 g/mol. The van der Waals surface area contributed by atoms with Gasteiger partial charge >= 0.3 is 0 Å². The first-order valence-corrected chi connectivity index (χ1v) is 8.56. The lowest BCUT2D eigenvalue weighted by Gasteiger charge is -2.24. The predicted molar refractivity (Wildman–Crippen MR) is 98.1 cm³/mol. The molecule has 1 aliphatic heterocycles. The summed E-state index contributed by atoms with van der Waals surface area (Å²) < 4.78 is 14.0. The number of dihydropyridines is 1. The SMILES string of the molecule is CC1=C(c2ccc(C)c(F)c2)NC(c2ncc3c(n2)C=CCC3)C=C1. The highest BCUT2D eigenvalue weighted by Crippen LogP contribution is 2.28. The van der Waals surface area contributed by atoms with E-state index in [-0.39, 0.29) is 11.9 Å². The van der Waals surface area contributed by atoms with Gasteiger partial charge < -0.3 is 5.32 Å². The van der Waals surface area contributed by atoms with Crippen LogP contribution in [0.5, 0.6) is 0 Å². The Morgan fingerprint density at radius 2 is 2.08 bits per heavy atom. The number of benzene rings is 1. The third-order valence-corrected chi connectivity index (χ3v) is 4.74. The number of hydrogen-bond acceptors (Lipinski definition) is 3. The second kappa shape index (κ2) is 6.28. The molecule has 1 unspecified atom stereocenters. The summed E-state index contributed by atoms with van der Waals surface area (Å²) in [6, 6.07) is 5.20. The van der Waals surface area contributed by atoms with Crippen molar-refractivity contribution in [1.82, 2.24) is 15.3 Å². The van der Waals surface area contributed by atoms with E-state index < -0.39 is 0 Å². The molecule has 0 spiro atoms. The van der Waals surface area contributed by atoms with Gasteiger partial charge in [-0.1, -0.05) is 30.4 Å². The minimum atomic E-state index is -0.194. The topological polar surface area (TPSA) is 37.8 Å². The standard InChI is InChI=1S/C21H20FN3/c1-13-7-9-15(11-17(13)22)20-14(2)8-10-19(24-20)21-23-12-16-5-3-4-6-18(16)25-21/h4,6-12,19,24H,3,5H2,1-2H3. The average molecular weight is 333 g/mol. The summed E-state index contributed by atoms with van der Waals surface area (Å²) in [5, 5.41) is 3.47. The smallest absolute Gasteiger partial charge is 0.155 e. The lowest BCUT2D eigenvalue weighted by molar-refractivity contribution is 0.617. The Morgan fingerprint density at radius 1 is 1.20 bits per heavy atom. The molecule has 25 heavy (non-hydrogen) atoms. The van der Waals surface area contributed by atoms with Crippen LogP contribution in [-0.4, -0.2) is 9.97 Å². The lowest BCUT2D eigenvalue weighted by Crippen LogP contribution is -2.24. The fourth-order valence-corrected chi connectivity index (χ4v) is 3.21. The maximum atomic E-state index is 14.0. The Labute approximate surface area is 147 Å². The molecule has 0 amide bonds. The highest BCUT2D eigenvalue weighted by Gasteiger charge is 2.20. The van der Waals surface area contributed by atoms with Crippen molar-refractivity contribution in [2.24, 2.45) is 0 Å². The molecule has 1 N–H and O–H groups in total. The lowest BCUT2D eigenvalue weighted by atomic mass is 9.99. The van der Waals surface area contributed by atoms with Gasteiger partial charge in [-0.2, -0.15) is 0 Å². The van der Waals surface area contributed by atoms with Crippen LogP contribution >= 0.6 is 0 Å². The van der Waals surface area contributed by atoms with Gasteiger partial charge in [-0.05, 0) is 55.5 Å². The van der Waals surface area contributed by atoms with Gasteiger partial charge in [0.1, 0.15) is 11.9 Å². The van der Waals surface area contributed by atoms with Crippen LogP contribution in [0, 0.1) is 12.7 Å². The van der Waals surface area contributed by atoms with E-state index in [1.54, 1.807) is 19.1 Å². The molecule has 1 aliphatic carbocycles. The van der Waals surface area contributed by atoms with Crippen molar-refractivity contribution in [1.29, 1.82) is 0 Å². The highest BCUT2D eigenvalue weighted by molar-refractivity contribution is 5.71. The van der Waals surface area contributed by atoms with E-state index >= 15 is 0 Å². The number of aryl methyl sites for hydroxylation is 2. The number of fused-ring (bicyclic) bond motifs is 1. The molecule has 2 heterocycles. The van der Waals surface area contributed by atoms with Crippen molar-refractivity contribution in [3.05, 3.63) is 82.2 Å². The maximum absolute atomic E-state index is 14.0. The normalized spacial score (nSPS) is 18.9. The minimum absolute atomic E-state index is 0.122. The fourth-order valence-electron chi connectivity index (χ4n) is 3.21. The van der Waals surface area contributed by atoms with E-state index in [2.05, 4.69) is 28.5 Å². The van der Waals surface area contributed by atoms with Crippen LogP contribution in [0.2, 0.25) is 0 Å². The van der Waals surface area contributed by atoms with Crippen molar-refractivity contribution < 1.29 is 4.39 Å². The molecule has 3 nitrogen and oxygen atoms in total. The molecule has 1 aromatic carbocycles. The van der Waals surface area contributed by atoms with Crippen molar-refractivity contribution in [2.75, 3.05) is 0 Å². The Hall–Kier alpha value is -2.75. The Balaban J connectivity index is 1.66. The highest BCUT2D eigenvalue weighted by atomic mass is 19.1. The molecule has 2 aliphatic rings. The largest absolute Gasteiger partial charge is 0.371 e. The van der Waals surface area contributed by atoms with Crippen LogP contribution in [0.25, 0.3) is 11.8 Å². The first-order valence-electron chi connectivity index (χ1n) is 8.56. The first-order chi connectivity index (χ1) is 12.1. The van der Waals surface area contributed by atoms with Crippen LogP contribution in [0.3, 0.4) is 0 Å². The number of rotatable bonds is 2. The summed E-state index contributed by atoms with van der Waals surface area (Å²) in [6.07, 6.45) is 12.3. The van der Waals surface area contributed by atoms with Gasteiger partial charge in [-0.25, -0.2) is 14.4 Å². The molecule has 0 fully saturated rings. The summed E-state index contributed by atoms with van der Waals surface area (Å²) in [5.41, 5.74) is 5.67. The Morgan fingerprint density at radius 3 is 2.92 bits per heavy atom. The van der Waals surface area contributed by atoms with E-state index in [1.807, 2.05) is 25.3 Å². The Bertz CT molecular complexity index is 925. The zero-order valence-corrected chi connectivity index (χ0v) is 14.4. The van der Waals surface area contributed by atoms with Crippen LogP contribution in [0.4, 0.5) is 4.39 Å². The van der Waals surface area contributed by atoms with Crippen LogP contribution < -0.4 is 5.32 Å². The summed E-state index contributed by atoms with van der Waals surface area (Å²) in [7, 11) is 0. The molecule has 0 saturated heterocycles. The molecule has 4 rings (SSSR count). The molecule has 2 aromatic rings. The average Bonchev–Trinajstić information content (AvgIpc) is 2.64. The minimum Gasteiger partial charge on any atom is -0.371 e. The van der Waals surface area contributed by atoms with Crippen molar-refractivity contribution in [3.63, 3.8) is 0 Å². The third kappa shape index (κ3) is 3.00. The molecule has 1 aromatic heterocycles. The van der Waals surface area contributed by atoms with Crippen molar-refractivity contribution in [2.45, 2.75) is 32.7 Å². The molecular weight excluding hydrogens is 313 g/mol. The van der Waals surface area contributed by atoms with E-state index in [0.717, 1.165) is 41.2 Å². The van der Waals surface area contributed by atoms with Gasteiger partial charge in [-0.15, -0.1) is 0 Å². The molecule has 126 valence electrons. The maximum Gasteiger partial charge on any atom is 0.155 e. The first kappa shape index (κ1) is 15.8. The zero-order valence-electron chi connectivity index (χ0n) is 14.4. The van der Waals surface area contributed by atoms with Gasteiger partial charge in [0.25, 0.3) is 0 Å². The van der Waals surface area contributed by atoms with Crippen LogP contribution in [0.15, 0.2) is 48.2 Å². The van der Waals surface area contributed by atoms with Gasteiger partial charge in [-0.3, -0.25) is 0 Å². The summed E-state index contributed by atoms with van der Waals surface area (Å²) >= 11 is 0. The van der Waals surface area contributed by atoms with Gasteiger partial charge in [0.05, 0.1) is 5.69 Å². The van der Waals surface area contributed by atoms with Gasteiger partial charge in [0.2, 0.25) is 0 Å². The predicted octanol–water partition coefficient (Wildman–Crippen LogP) is 4.52. The number of aromatic nitrogens is 2. The number of nitrogens with zero attached hydrogens (tertiary/aromatic N) is 2. The number of hydrogen-bond donors (Lipinski definition) is 1. The molecule has 0 saturated carbocycles. The van der Waals surface area contributed by atoms with Gasteiger partial charge in [0, 0.05) is 17.5 Å². The fraction of sp³-hybridized carbons (Fsp3) is 0.238. The molecule has 4 heteroatoms. The summed E-state index contributed by atoms with van der Waals surface area (Å²) in [4.78, 5) is 9.26. The quantitative estimate of drug-likeness (QED) is 0.878. The number of halogens is 1. The summed E-state index contributed by atoms with van der Waals surface area (Å²) in [6.45, 7) is 3.79. The molecular formula is C21H20FN3. The second-order valence-electron chi connectivity index (χ2n) is 6.58. The number of allylic oxidation sites excluding steroid dienone is 3. The molecule has 0 radical (unpaired) electrons. The second-order valence-corrected chi connectivity index (χ2v) is 6.58. The Kier molecular flexibility index (Phi) is 3.96. The van der Waals surface area contributed by atoms with Crippen molar-refractivity contribution in [3.8, 4) is 0 Å². The van der Waals surface area contributed by atoms with E-state index in [4.69, 9.17) is 4.98 Å². The number of nitrogens with one attached hydrogen (secondary N) is 1. The van der Waals surface area contributed by atoms with Crippen molar-refractivity contribution >= 4 is 11.8 Å². The molecule has 1 atom stereocenters. The zero-order chi connectivity index (χ0) is 17.4. The third-order valence-electron chi connectivity index (χ3n) is 4.74. The van der Waals surface area contributed by atoms with Gasteiger partial charge in [0.15, 0.2) is 5.82 Å². The summed E-state index contributed by atoms with van der Waals surface area (Å²) in [5.74, 6) is 0.542. The van der Waals surface area contributed by atoms with E-state index in [1.165, 1.54) is 5.56 Å². The van der Waals surface area contributed by atoms with Crippen LogP contribution in [0.1, 0.15) is 47.6 Å². The van der Waals surface area contributed by atoms with E-state index in [0.29, 0.717) is 5.56 Å². The van der Waals surface area contributed by atoms with E-state index in [9.17, 15) is 4.39 Å². The molecule has 0 bridgehead atoms. The van der Waals surface area contributed by atoms with Crippen LogP contribution in [-0.2, 0) is 6.42 Å².